The van der Waals surface area contributed by atoms with Crippen molar-refractivity contribution in [1.29, 1.82) is 0 Å². The number of anilines is 6. The quantitative estimate of drug-likeness (QED) is 0.114. The summed E-state index contributed by atoms with van der Waals surface area (Å²) in [4.78, 5) is 4.97. The van der Waals surface area contributed by atoms with Crippen LogP contribution in [0.3, 0.4) is 0 Å². The van der Waals surface area contributed by atoms with Gasteiger partial charge >= 0.3 is 0 Å². The van der Waals surface area contributed by atoms with Gasteiger partial charge in [0.2, 0.25) is 0 Å². The van der Waals surface area contributed by atoms with E-state index in [0.29, 0.717) is 0 Å². The van der Waals surface area contributed by atoms with Crippen LogP contribution < -0.4 is 9.80 Å². The zero-order valence-corrected chi connectivity index (χ0v) is 47.1. The van der Waals surface area contributed by atoms with Crippen molar-refractivity contribution < 1.29 is 0 Å². The molecule has 14 aromatic rings. The second-order valence-corrected chi connectivity index (χ2v) is 21.8. The molecule has 0 saturated heterocycles. The van der Waals surface area contributed by atoms with Gasteiger partial charge in [0, 0.05) is 45.0 Å². The molecular formula is C82H60N2. The Labute approximate surface area is 493 Å². The van der Waals surface area contributed by atoms with E-state index in [9.17, 15) is 0 Å². The molecule has 0 N–H and O–H groups in total. The van der Waals surface area contributed by atoms with Gasteiger partial charge in [-0.25, -0.2) is 0 Å². The Bertz CT molecular complexity index is 4230. The lowest BCUT2D eigenvalue weighted by Gasteiger charge is -2.32. The molecular weight excluding hydrogens is 1010 g/mol. The van der Waals surface area contributed by atoms with Gasteiger partial charge in [-0.2, -0.15) is 0 Å². The minimum absolute atomic E-state index is 1.08. The average molecular weight is 1070 g/mol. The van der Waals surface area contributed by atoms with Crippen molar-refractivity contribution in [1.82, 2.24) is 0 Å². The van der Waals surface area contributed by atoms with Crippen LogP contribution in [-0.4, -0.2) is 0 Å². The van der Waals surface area contributed by atoms with Crippen LogP contribution in [0.15, 0.2) is 328 Å². The third kappa shape index (κ3) is 10.0. The SMILES string of the molecule is Cc1cc(-c2ccc(N(c3ccc(-c4ccc5ccccc5c4)cc3)c3c(-c4ccccc4)cccc3-c3ccccc3)c(C)c2)ccc1N(c1ccc(-c2ccc3ccccc3c2)cc1)c1c(-c2ccccc2)cccc1-c1ccccc1. The lowest BCUT2D eigenvalue weighted by atomic mass is 9.92. The predicted octanol–water partition coefficient (Wildman–Crippen LogP) is 23.2. The van der Waals surface area contributed by atoms with Crippen LogP contribution in [0.2, 0.25) is 0 Å². The van der Waals surface area contributed by atoms with E-state index >= 15 is 0 Å². The first-order chi connectivity index (χ1) is 41.5. The van der Waals surface area contributed by atoms with Crippen molar-refractivity contribution in [2.75, 3.05) is 9.80 Å². The minimum Gasteiger partial charge on any atom is -0.309 e. The van der Waals surface area contributed by atoms with E-state index in [2.05, 4.69) is 351 Å². The van der Waals surface area contributed by atoms with Crippen LogP contribution in [0, 0.1) is 13.8 Å². The molecule has 0 aliphatic carbocycles. The molecule has 0 aromatic heterocycles. The van der Waals surface area contributed by atoms with Crippen molar-refractivity contribution in [3.05, 3.63) is 339 Å². The molecule has 0 saturated carbocycles. The van der Waals surface area contributed by atoms with Gasteiger partial charge in [-0.3, -0.25) is 0 Å². The third-order valence-corrected chi connectivity index (χ3v) is 16.5. The van der Waals surface area contributed by atoms with E-state index in [1.165, 1.54) is 43.8 Å². The van der Waals surface area contributed by atoms with Crippen molar-refractivity contribution in [2.24, 2.45) is 0 Å². The molecule has 0 aliphatic heterocycles. The minimum atomic E-state index is 1.08. The Balaban J connectivity index is 0.902. The number of nitrogens with zero attached hydrogens (tertiary/aromatic N) is 2. The highest BCUT2D eigenvalue weighted by atomic mass is 15.2. The standard InChI is InChI=1S/C82H60N2/c1-57-53-69(45-51-79(57)83(73-47-41-61(42-48-73)71-39-37-59-21-15-17-31-67(59)55-71)81-75(63-23-7-3-8-24-63)33-19-34-76(81)64-25-9-4-10-26-64)70-46-52-80(58(2)54-70)84(74-49-43-62(44-50-74)72-40-38-60-22-16-18-32-68(60)56-72)82-77(65-27-11-5-12-28-65)35-20-36-78(82)66-29-13-6-14-30-66/h3-56H,1-2H3. The maximum Gasteiger partial charge on any atom is 0.0618 e. The molecule has 0 amide bonds. The van der Waals surface area contributed by atoms with Crippen LogP contribution in [0.25, 0.3) is 99.4 Å². The number of hydrogen-bond acceptors (Lipinski definition) is 2. The summed E-state index contributed by atoms with van der Waals surface area (Å²) in [6, 6.07) is 120. The van der Waals surface area contributed by atoms with E-state index in [-0.39, 0.29) is 0 Å². The molecule has 0 bridgehead atoms. The highest BCUT2D eigenvalue weighted by Gasteiger charge is 2.26. The first-order valence-electron chi connectivity index (χ1n) is 29.0. The Morgan fingerprint density at radius 3 is 0.786 bits per heavy atom. The largest absolute Gasteiger partial charge is 0.309 e. The molecule has 0 spiro atoms. The normalized spacial score (nSPS) is 11.2. The molecule has 0 unspecified atom stereocenters. The Morgan fingerprint density at radius 1 is 0.190 bits per heavy atom. The van der Waals surface area contributed by atoms with E-state index in [4.69, 9.17) is 0 Å². The summed E-state index contributed by atoms with van der Waals surface area (Å²) >= 11 is 0. The number of para-hydroxylation sites is 2. The molecule has 0 radical (unpaired) electrons. The van der Waals surface area contributed by atoms with Crippen LogP contribution in [-0.2, 0) is 0 Å². The van der Waals surface area contributed by atoms with E-state index in [1.807, 2.05) is 0 Å². The zero-order valence-electron chi connectivity index (χ0n) is 47.1. The number of rotatable bonds is 13. The second kappa shape index (κ2) is 22.6. The summed E-state index contributed by atoms with van der Waals surface area (Å²) < 4.78 is 0. The first kappa shape index (κ1) is 51.4. The number of hydrogen-bond donors (Lipinski definition) is 0. The second-order valence-electron chi connectivity index (χ2n) is 21.8. The van der Waals surface area contributed by atoms with Gasteiger partial charge in [0.25, 0.3) is 0 Å². The van der Waals surface area contributed by atoms with E-state index < -0.39 is 0 Å². The van der Waals surface area contributed by atoms with Gasteiger partial charge in [0.1, 0.15) is 0 Å². The first-order valence-corrected chi connectivity index (χ1v) is 29.0. The molecule has 2 heteroatoms. The average Bonchev–Trinajstić information content (AvgIpc) is 2.09. The molecule has 2 nitrogen and oxygen atoms in total. The van der Waals surface area contributed by atoms with E-state index in [1.54, 1.807) is 0 Å². The molecule has 84 heavy (non-hydrogen) atoms. The van der Waals surface area contributed by atoms with Crippen LogP contribution in [0.1, 0.15) is 11.1 Å². The third-order valence-electron chi connectivity index (χ3n) is 16.5. The van der Waals surface area contributed by atoms with Crippen molar-refractivity contribution in [3.63, 3.8) is 0 Å². The molecule has 398 valence electrons. The van der Waals surface area contributed by atoms with Crippen molar-refractivity contribution in [3.8, 4) is 77.9 Å². The Kier molecular flexibility index (Phi) is 13.8. The van der Waals surface area contributed by atoms with Gasteiger partial charge in [-0.15, -0.1) is 0 Å². The van der Waals surface area contributed by atoms with Crippen LogP contribution >= 0.6 is 0 Å². The monoisotopic (exact) mass is 1070 g/mol. The summed E-state index contributed by atoms with van der Waals surface area (Å²) in [5, 5.41) is 4.94. The predicted molar refractivity (Wildman–Crippen MR) is 358 cm³/mol. The molecule has 14 aromatic carbocycles. The number of fused-ring (bicyclic) bond motifs is 2. The van der Waals surface area contributed by atoms with Gasteiger partial charge in [0.05, 0.1) is 11.4 Å². The lowest BCUT2D eigenvalue weighted by molar-refractivity contribution is 1.24. The number of aryl methyl sites for hydroxylation is 2. The van der Waals surface area contributed by atoms with Crippen LogP contribution in [0.4, 0.5) is 34.1 Å². The summed E-state index contributed by atoms with van der Waals surface area (Å²) in [5.74, 6) is 0. The molecule has 0 heterocycles. The van der Waals surface area contributed by atoms with Gasteiger partial charge in [-0.05, 0) is 163 Å². The highest BCUT2D eigenvalue weighted by Crippen LogP contribution is 2.51. The summed E-state index contributed by atoms with van der Waals surface area (Å²) in [5.41, 5.74) is 25.2. The molecule has 14 rings (SSSR count). The lowest BCUT2D eigenvalue weighted by Crippen LogP contribution is -2.14. The van der Waals surface area contributed by atoms with Gasteiger partial charge < -0.3 is 9.80 Å². The fraction of sp³-hybridized carbons (Fsp3) is 0.0244. The topological polar surface area (TPSA) is 6.48 Å². The summed E-state index contributed by atoms with van der Waals surface area (Å²) in [7, 11) is 0. The maximum absolute atomic E-state index is 2.49. The highest BCUT2D eigenvalue weighted by molar-refractivity contribution is 6.01. The smallest absolute Gasteiger partial charge is 0.0618 e. The van der Waals surface area contributed by atoms with Gasteiger partial charge in [-0.1, -0.05) is 267 Å². The van der Waals surface area contributed by atoms with Crippen molar-refractivity contribution >= 4 is 55.7 Å². The maximum atomic E-state index is 2.49. The van der Waals surface area contributed by atoms with Crippen LogP contribution in [0.5, 0.6) is 0 Å². The zero-order chi connectivity index (χ0) is 56.3. The Hall–Kier alpha value is -10.8. The fourth-order valence-electron chi connectivity index (χ4n) is 12.3. The molecule has 0 atom stereocenters. The molecule has 0 aliphatic rings. The van der Waals surface area contributed by atoms with E-state index in [0.717, 1.165) is 101 Å². The molecule has 0 fully saturated rings. The van der Waals surface area contributed by atoms with Gasteiger partial charge in [0.15, 0.2) is 0 Å². The van der Waals surface area contributed by atoms with Crippen molar-refractivity contribution in [2.45, 2.75) is 13.8 Å². The summed E-state index contributed by atoms with van der Waals surface area (Å²) in [6.07, 6.45) is 0. The number of benzene rings is 14. The Morgan fingerprint density at radius 2 is 0.464 bits per heavy atom. The summed E-state index contributed by atoms with van der Waals surface area (Å²) in [6.45, 7) is 4.53. The fourth-order valence-corrected chi connectivity index (χ4v) is 12.3.